The van der Waals surface area contributed by atoms with Gasteiger partial charge >= 0.3 is 0 Å². The van der Waals surface area contributed by atoms with Crippen LogP contribution >= 0.6 is 0 Å². The van der Waals surface area contributed by atoms with Crippen LogP contribution in [0.15, 0.2) is 23.0 Å². The summed E-state index contributed by atoms with van der Waals surface area (Å²) in [5, 5.41) is 66.2. The molecule has 1 aromatic heterocycles. The van der Waals surface area contributed by atoms with Crippen molar-refractivity contribution >= 4 is 11.5 Å². The second kappa shape index (κ2) is 11.3. The molecule has 13 nitrogen and oxygen atoms in total. The minimum Gasteiger partial charge on any atom is -0.396 e. The molecule has 8 unspecified atom stereocenters. The molecule has 0 bridgehead atoms. The van der Waals surface area contributed by atoms with E-state index >= 15 is 0 Å². The number of hydrogen-bond donors (Lipinski definition) is 6. The third-order valence-electron chi connectivity index (χ3n) is 6.85. The molecule has 0 aromatic carbocycles. The number of Topliss-reactive ketones (excluding diaryl/α,β-unsaturated/α-hetero) is 1. The van der Waals surface area contributed by atoms with Gasteiger partial charge in [0.2, 0.25) is 5.78 Å². The third-order valence-corrected chi connectivity index (χ3v) is 6.85. The lowest BCUT2D eigenvalue weighted by molar-refractivity contribution is -0.227. The van der Waals surface area contributed by atoms with Gasteiger partial charge in [-0.3, -0.25) is 9.79 Å². The molecule has 194 valence electrons. The molecular formula is C22H32N4O9. The van der Waals surface area contributed by atoms with E-state index in [-0.39, 0.29) is 49.5 Å². The first-order valence-corrected chi connectivity index (χ1v) is 11.7. The quantitative estimate of drug-likeness (QED) is 0.186. The summed E-state index contributed by atoms with van der Waals surface area (Å²) in [5.74, 6) is -0.334. The van der Waals surface area contributed by atoms with E-state index in [9.17, 15) is 35.4 Å². The van der Waals surface area contributed by atoms with Crippen LogP contribution in [-0.4, -0.2) is 114 Å². The summed E-state index contributed by atoms with van der Waals surface area (Å²) in [6, 6.07) is 0. The molecule has 2 fully saturated rings. The van der Waals surface area contributed by atoms with Crippen LogP contribution in [0, 0.1) is 11.8 Å². The van der Waals surface area contributed by atoms with Crippen LogP contribution in [0.3, 0.4) is 0 Å². The van der Waals surface area contributed by atoms with Gasteiger partial charge in [-0.2, -0.15) is 0 Å². The number of nitrogens with zero attached hydrogens (tertiary/aromatic N) is 4. The molecule has 1 aliphatic carbocycles. The number of carbonyl (C=O) groups is 1. The smallest absolute Gasteiger partial charge is 0.202 e. The first kappa shape index (κ1) is 26.0. The number of aliphatic hydroxyl groups is 6. The Bertz CT molecular complexity index is 949. The molecule has 2 aliphatic heterocycles. The van der Waals surface area contributed by atoms with Crippen molar-refractivity contribution in [3.8, 4) is 0 Å². The number of ether oxygens (including phenoxy) is 2. The maximum Gasteiger partial charge on any atom is 0.202 e. The monoisotopic (exact) mass is 496 g/mol. The van der Waals surface area contributed by atoms with E-state index in [1.165, 1.54) is 4.68 Å². The minimum atomic E-state index is -1.46. The highest BCUT2D eigenvalue weighted by Gasteiger charge is 2.43. The average molecular weight is 497 g/mol. The van der Waals surface area contributed by atoms with Crippen LogP contribution in [-0.2, 0) is 27.4 Å². The lowest BCUT2D eigenvalue weighted by atomic mass is 9.72. The lowest BCUT2D eigenvalue weighted by Crippen LogP contribution is -2.58. The number of allylic oxidation sites excluding steroid dienone is 2. The highest BCUT2D eigenvalue weighted by Crippen LogP contribution is 2.34. The Morgan fingerprint density at radius 1 is 1.11 bits per heavy atom. The lowest BCUT2D eigenvalue weighted by Gasteiger charge is -2.40. The molecule has 3 aliphatic rings. The molecule has 13 heteroatoms. The molecule has 6 N–H and O–H groups in total. The van der Waals surface area contributed by atoms with Gasteiger partial charge in [-0.1, -0.05) is 5.21 Å². The Balaban J connectivity index is 1.25. The summed E-state index contributed by atoms with van der Waals surface area (Å²) in [4.78, 5) is 17.0. The van der Waals surface area contributed by atoms with Crippen molar-refractivity contribution in [2.24, 2.45) is 16.8 Å². The summed E-state index contributed by atoms with van der Waals surface area (Å²) >= 11 is 0. The number of aliphatic imine (C=N–C) groups is 1. The minimum absolute atomic E-state index is 0.0198. The van der Waals surface area contributed by atoms with Crippen LogP contribution in [0.2, 0.25) is 0 Å². The molecule has 35 heavy (non-hydrogen) atoms. The van der Waals surface area contributed by atoms with E-state index in [1.54, 1.807) is 12.3 Å². The molecule has 0 radical (unpaired) electrons. The van der Waals surface area contributed by atoms with Crippen molar-refractivity contribution in [3.05, 3.63) is 23.7 Å². The largest absolute Gasteiger partial charge is 0.396 e. The highest BCUT2D eigenvalue weighted by atomic mass is 16.5. The second-order valence-electron chi connectivity index (χ2n) is 9.30. The number of carbonyl (C=O) groups excluding carboxylic acids is 1. The van der Waals surface area contributed by atoms with Gasteiger partial charge in [0.05, 0.1) is 38.2 Å². The van der Waals surface area contributed by atoms with Crippen LogP contribution in [0.25, 0.3) is 0 Å². The molecular weight excluding hydrogens is 464 g/mol. The fourth-order valence-corrected chi connectivity index (χ4v) is 4.61. The summed E-state index contributed by atoms with van der Waals surface area (Å²) in [7, 11) is 0. The number of aromatic nitrogens is 3. The number of rotatable bonds is 11. The van der Waals surface area contributed by atoms with Crippen LogP contribution in [0.5, 0.6) is 0 Å². The van der Waals surface area contributed by atoms with Crippen molar-refractivity contribution in [1.29, 1.82) is 0 Å². The van der Waals surface area contributed by atoms with Crippen LogP contribution in [0.4, 0.5) is 0 Å². The molecule has 0 amide bonds. The topological polar surface area (TPSA) is 200 Å². The van der Waals surface area contributed by atoms with Gasteiger partial charge in [0.25, 0.3) is 0 Å². The van der Waals surface area contributed by atoms with Gasteiger partial charge in [-0.05, 0) is 18.4 Å². The van der Waals surface area contributed by atoms with E-state index in [0.717, 1.165) is 0 Å². The van der Waals surface area contributed by atoms with Crippen LogP contribution in [0.1, 0.15) is 25.0 Å². The van der Waals surface area contributed by atoms with Gasteiger partial charge < -0.3 is 40.1 Å². The van der Waals surface area contributed by atoms with E-state index in [1.807, 2.05) is 0 Å². The normalized spacial score (nSPS) is 34.9. The SMILES string of the molecule is O=C(Cn1cc(COCC2C(O)CC2CO)nn1)C1=CCC(CC2OC(CO)C(O)C(O)C2O)=N1. The van der Waals surface area contributed by atoms with Crippen molar-refractivity contribution in [1.82, 2.24) is 15.0 Å². The van der Waals surface area contributed by atoms with Crippen molar-refractivity contribution < 1.29 is 44.9 Å². The fourth-order valence-electron chi connectivity index (χ4n) is 4.61. The maximum atomic E-state index is 12.6. The predicted molar refractivity (Wildman–Crippen MR) is 118 cm³/mol. The standard InChI is InChI=1S/C22H32N4O9/c27-7-11-3-16(29)14(11)10-34-9-13-5-26(25-24-13)6-17(30)15-2-1-12(23-15)4-18-20(31)22(33)21(32)19(8-28)35-18/h2,5,11,14,16,18-22,27-29,31-33H,1,3-4,6-10H2. The molecule has 4 rings (SSSR count). The molecule has 3 heterocycles. The summed E-state index contributed by atoms with van der Waals surface area (Å²) < 4.78 is 12.5. The summed E-state index contributed by atoms with van der Waals surface area (Å²) in [6.07, 6.45) is -2.24. The molecule has 1 saturated carbocycles. The number of aliphatic hydroxyl groups excluding tert-OH is 6. The van der Waals surface area contributed by atoms with E-state index in [0.29, 0.717) is 30.9 Å². The first-order chi connectivity index (χ1) is 16.8. The average Bonchev–Trinajstić information content (AvgIpc) is 3.50. The highest BCUT2D eigenvalue weighted by molar-refractivity contribution is 6.02. The Kier molecular flexibility index (Phi) is 8.39. The zero-order valence-electron chi connectivity index (χ0n) is 19.1. The molecule has 1 saturated heterocycles. The Hall–Kier alpha value is -2.10. The third kappa shape index (κ3) is 5.84. The fraction of sp³-hybridized carbons (Fsp3) is 0.727. The van der Waals surface area contributed by atoms with Crippen molar-refractivity contribution in [3.63, 3.8) is 0 Å². The van der Waals surface area contributed by atoms with E-state index in [4.69, 9.17) is 9.47 Å². The van der Waals surface area contributed by atoms with Gasteiger partial charge in [-0.25, -0.2) is 4.68 Å². The maximum absolute atomic E-state index is 12.6. The zero-order valence-corrected chi connectivity index (χ0v) is 19.1. The molecule has 0 spiro atoms. The van der Waals surface area contributed by atoms with Gasteiger partial charge in [0.1, 0.15) is 42.4 Å². The summed E-state index contributed by atoms with van der Waals surface area (Å²) in [5.41, 5.74) is 1.34. The second-order valence-corrected chi connectivity index (χ2v) is 9.30. The van der Waals surface area contributed by atoms with Crippen molar-refractivity contribution in [2.75, 3.05) is 19.8 Å². The molecule has 8 atom stereocenters. The Morgan fingerprint density at radius 2 is 1.89 bits per heavy atom. The number of ketones is 1. The van der Waals surface area contributed by atoms with Gasteiger partial charge in [0, 0.05) is 31.1 Å². The Morgan fingerprint density at radius 3 is 2.60 bits per heavy atom. The molecule has 1 aromatic rings. The zero-order chi connectivity index (χ0) is 25.1. The predicted octanol–water partition coefficient (Wildman–Crippen LogP) is -2.69. The van der Waals surface area contributed by atoms with Gasteiger partial charge in [-0.15, -0.1) is 5.10 Å². The summed E-state index contributed by atoms with van der Waals surface area (Å²) in [6.45, 7) is -0.0985. The number of hydrogen-bond acceptors (Lipinski definition) is 12. The van der Waals surface area contributed by atoms with Gasteiger partial charge in [0.15, 0.2) is 0 Å². The Labute approximate surface area is 201 Å². The van der Waals surface area contributed by atoms with Crippen molar-refractivity contribution in [2.45, 2.75) is 69.0 Å². The van der Waals surface area contributed by atoms with E-state index in [2.05, 4.69) is 15.3 Å². The van der Waals surface area contributed by atoms with Crippen LogP contribution < -0.4 is 0 Å². The van der Waals surface area contributed by atoms with E-state index < -0.39 is 43.2 Å². The first-order valence-electron chi connectivity index (χ1n) is 11.7.